The molecule has 1 fully saturated rings. The third-order valence-corrected chi connectivity index (χ3v) is 3.76. The molecule has 0 bridgehead atoms. The molecule has 1 N–H and O–H groups in total. The number of nitrogens with zero attached hydrogens (tertiary/aromatic N) is 2. The molecule has 1 saturated heterocycles. The molecule has 0 unspecified atom stereocenters. The Bertz CT molecular complexity index is 482. The van der Waals surface area contributed by atoms with Gasteiger partial charge in [-0.05, 0) is 25.2 Å². The van der Waals surface area contributed by atoms with E-state index in [1.54, 1.807) is 0 Å². The number of hydrogen-bond acceptors (Lipinski definition) is 5. The largest absolute Gasteiger partial charge is 0.471 e. The molecule has 102 valence electrons. The van der Waals surface area contributed by atoms with E-state index in [2.05, 4.69) is 22.2 Å². The van der Waals surface area contributed by atoms with E-state index in [-0.39, 0.29) is 5.78 Å². The maximum Gasteiger partial charge on any atom is 0.176 e. The van der Waals surface area contributed by atoms with E-state index in [0.29, 0.717) is 13.3 Å². The average Bonchev–Trinajstić information content (AvgIpc) is 2.88. The van der Waals surface area contributed by atoms with Crippen molar-refractivity contribution in [3.05, 3.63) is 23.8 Å². The topological polar surface area (TPSA) is 44.8 Å². The fourth-order valence-corrected chi connectivity index (χ4v) is 2.45. The number of benzene rings is 1. The number of anilines is 1. The van der Waals surface area contributed by atoms with Gasteiger partial charge in [-0.25, -0.2) is 0 Å². The molecule has 1 aromatic carbocycles. The number of carbonyl (C=O) groups is 1. The van der Waals surface area contributed by atoms with Crippen molar-refractivity contribution >= 4 is 11.5 Å². The van der Waals surface area contributed by atoms with Crippen molar-refractivity contribution in [1.82, 2.24) is 9.80 Å². The van der Waals surface area contributed by atoms with Crippen molar-refractivity contribution < 1.29 is 9.53 Å². The van der Waals surface area contributed by atoms with Gasteiger partial charge in [0.2, 0.25) is 0 Å². The van der Waals surface area contributed by atoms with Gasteiger partial charge in [0.15, 0.2) is 12.5 Å². The fourth-order valence-electron chi connectivity index (χ4n) is 2.45. The van der Waals surface area contributed by atoms with Gasteiger partial charge in [0.25, 0.3) is 0 Å². The SMILES string of the molecule is CN1CCN(CC(=O)c2ccc3c(c2)OCN3)CC1. The Hall–Kier alpha value is -1.59. The molecule has 2 aliphatic heterocycles. The number of Topliss-reactive ketones (excluding diaryl/α,β-unsaturated/α-hetero) is 1. The van der Waals surface area contributed by atoms with Gasteiger partial charge in [0.1, 0.15) is 5.75 Å². The number of hydrogen-bond donors (Lipinski definition) is 1. The standard InChI is InChI=1S/C14H19N3O2/c1-16-4-6-17(7-5-16)9-13(18)11-2-3-12-14(8-11)19-10-15-12/h2-3,8,15H,4-7,9-10H2,1H3. The quantitative estimate of drug-likeness (QED) is 0.818. The van der Waals surface area contributed by atoms with Crippen LogP contribution in [-0.2, 0) is 0 Å². The van der Waals surface area contributed by atoms with Crippen LogP contribution in [0.15, 0.2) is 18.2 Å². The van der Waals surface area contributed by atoms with Crippen LogP contribution in [0.1, 0.15) is 10.4 Å². The highest BCUT2D eigenvalue weighted by molar-refractivity contribution is 5.98. The summed E-state index contributed by atoms with van der Waals surface area (Å²) in [7, 11) is 2.12. The molecule has 19 heavy (non-hydrogen) atoms. The van der Waals surface area contributed by atoms with Crippen LogP contribution in [0, 0.1) is 0 Å². The zero-order valence-electron chi connectivity index (χ0n) is 11.2. The van der Waals surface area contributed by atoms with E-state index in [1.165, 1.54) is 0 Å². The predicted molar refractivity (Wildman–Crippen MR) is 73.8 cm³/mol. The molecule has 5 nitrogen and oxygen atoms in total. The number of likely N-dealkylation sites (N-methyl/N-ethyl adjacent to an activating group) is 1. The number of fused-ring (bicyclic) bond motifs is 1. The van der Waals surface area contributed by atoms with Crippen molar-refractivity contribution in [3.63, 3.8) is 0 Å². The number of carbonyl (C=O) groups excluding carboxylic acids is 1. The van der Waals surface area contributed by atoms with Gasteiger partial charge >= 0.3 is 0 Å². The lowest BCUT2D eigenvalue weighted by molar-refractivity contribution is 0.0876. The summed E-state index contributed by atoms with van der Waals surface area (Å²) in [6.07, 6.45) is 0. The molecule has 5 heteroatoms. The second-order valence-corrected chi connectivity index (χ2v) is 5.18. The van der Waals surface area contributed by atoms with E-state index in [0.717, 1.165) is 43.2 Å². The van der Waals surface area contributed by atoms with Gasteiger partial charge in [-0.3, -0.25) is 9.69 Å². The third kappa shape index (κ3) is 2.72. The molecule has 2 aliphatic rings. The Balaban J connectivity index is 1.64. The lowest BCUT2D eigenvalue weighted by Crippen LogP contribution is -2.46. The number of ketones is 1. The van der Waals surface area contributed by atoms with Crippen LogP contribution in [0.3, 0.4) is 0 Å². The summed E-state index contributed by atoms with van der Waals surface area (Å²) in [6, 6.07) is 5.63. The summed E-state index contributed by atoms with van der Waals surface area (Å²) < 4.78 is 5.41. The van der Waals surface area contributed by atoms with Gasteiger partial charge in [0.05, 0.1) is 12.2 Å². The molecule has 0 saturated carbocycles. The highest BCUT2D eigenvalue weighted by Gasteiger charge is 2.19. The first kappa shape index (κ1) is 12.4. The first-order chi connectivity index (χ1) is 9.22. The van der Waals surface area contributed by atoms with Crippen LogP contribution in [0.2, 0.25) is 0 Å². The summed E-state index contributed by atoms with van der Waals surface area (Å²) in [4.78, 5) is 16.8. The highest BCUT2D eigenvalue weighted by Crippen LogP contribution is 2.29. The number of piperazine rings is 1. The Kier molecular flexibility index (Phi) is 3.40. The maximum absolute atomic E-state index is 12.3. The lowest BCUT2D eigenvalue weighted by atomic mass is 10.1. The predicted octanol–water partition coefficient (Wildman–Crippen LogP) is 0.878. The van der Waals surface area contributed by atoms with Crippen LogP contribution in [0.5, 0.6) is 5.75 Å². The maximum atomic E-state index is 12.3. The van der Waals surface area contributed by atoms with Crippen LogP contribution in [0.25, 0.3) is 0 Å². The van der Waals surface area contributed by atoms with Gasteiger partial charge < -0.3 is 15.0 Å². The van der Waals surface area contributed by atoms with Crippen LogP contribution >= 0.6 is 0 Å². The van der Waals surface area contributed by atoms with Crippen LogP contribution in [0.4, 0.5) is 5.69 Å². The highest BCUT2D eigenvalue weighted by atomic mass is 16.5. The number of ether oxygens (including phenoxy) is 1. The average molecular weight is 261 g/mol. The molecule has 0 spiro atoms. The van der Waals surface area contributed by atoms with E-state index in [9.17, 15) is 4.79 Å². The van der Waals surface area contributed by atoms with Crippen molar-refractivity contribution in [3.8, 4) is 5.75 Å². The zero-order chi connectivity index (χ0) is 13.2. The second-order valence-electron chi connectivity index (χ2n) is 5.18. The fraction of sp³-hybridized carbons (Fsp3) is 0.500. The van der Waals surface area contributed by atoms with Gasteiger partial charge in [-0.2, -0.15) is 0 Å². The molecule has 2 heterocycles. The van der Waals surface area contributed by atoms with Gasteiger partial charge in [0, 0.05) is 31.7 Å². The molecule has 0 aromatic heterocycles. The third-order valence-electron chi connectivity index (χ3n) is 3.76. The normalized spacial score (nSPS) is 19.6. The monoisotopic (exact) mass is 261 g/mol. The summed E-state index contributed by atoms with van der Waals surface area (Å²) >= 11 is 0. The Morgan fingerprint density at radius 3 is 2.89 bits per heavy atom. The van der Waals surface area contributed by atoms with Crippen molar-refractivity contribution in [2.75, 3.05) is 51.8 Å². The summed E-state index contributed by atoms with van der Waals surface area (Å²) in [5.74, 6) is 0.951. The molecule has 0 atom stereocenters. The van der Waals surface area contributed by atoms with Gasteiger partial charge in [-0.1, -0.05) is 0 Å². The summed E-state index contributed by atoms with van der Waals surface area (Å²) in [5, 5.41) is 3.10. The minimum atomic E-state index is 0.169. The van der Waals surface area contributed by atoms with Crippen LogP contribution < -0.4 is 10.1 Å². The smallest absolute Gasteiger partial charge is 0.176 e. The Morgan fingerprint density at radius 1 is 1.32 bits per heavy atom. The second kappa shape index (κ2) is 5.19. The zero-order valence-corrected chi connectivity index (χ0v) is 11.2. The van der Waals surface area contributed by atoms with Crippen LogP contribution in [-0.4, -0.2) is 62.1 Å². The van der Waals surface area contributed by atoms with E-state index < -0.39 is 0 Å². The Labute approximate surface area is 113 Å². The van der Waals surface area contributed by atoms with E-state index in [4.69, 9.17) is 4.74 Å². The molecule has 3 rings (SSSR count). The van der Waals surface area contributed by atoms with E-state index >= 15 is 0 Å². The first-order valence-corrected chi connectivity index (χ1v) is 6.67. The molecule has 1 aromatic rings. The first-order valence-electron chi connectivity index (χ1n) is 6.67. The molecular formula is C14H19N3O2. The molecule has 0 aliphatic carbocycles. The van der Waals surface area contributed by atoms with Crippen molar-refractivity contribution in [2.45, 2.75) is 0 Å². The molecular weight excluding hydrogens is 242 g/mol. The van der Waals surface area contributed by atoms with Crippen molar-refractivity contribution in [1.29, 1.82) is 0 Å². The lowest BCUT2D eigenvalue weighted by Gasteiger charge is -2.31. The number of rotatable bonds is 3. The summed E-state index contributed by atoms with van der Waals surface area (Å²) in [6.45, 7) is 4.98. The van der Waals surface area contributed by atoms with Crippen molar-refractivity contribution in [2.24, 2.45) is 0 Å². The van der Waals surface area contributed by atoms with E-state index in [1.807, 2.05) is 18.2 Å². The molecule has 0 radical (unpaired) electrons. The van der Waals surface area contributed by atoms with Gasteiger partial charge in [-0.15, -0.1) is 0 Å². The molecule has 0 amide bonds. The minimum Gasteiger partial charge on any atom is -0.471 e. The summed E-state index contributed by atoms with van der Waals surface area (Å²) in [5.41, 5.74) is 1.71. The minimum absolute atomic E-state index is 0.169. The number of nitrogens with one attached hydrogen (secondary N) is 1. The Morgan fingerprint density at radius 2 is 2.11 bits per heavy atom.